The molecule has 0 aliphatic rings. The van der Waals surface area contributed by atoms with Crippen molar-refractivity contribution < 1.29 is 70.7 Å². The molecule has 0 heterocycles. The zero-order chi connectivity index (χ0) is 88.4. The average Bonchev–Trinajstić information content (AvgIpc) is 0.888. The van der Waals surface area contributed by atoms with Gasteiger partial charge < -0.3 is 19.5 Å². The first-order valence-corrected chi connectivity index (χ1v) is 47.4. The Morgan fingerprint density at radius 1 is 0.385 bits per heavy atom. The van der Waals surface area contributed by atoms with Crippen molar-refractivity contribution in [3.8, 4) is 11.5 Å². The highest BCUT2D eigenvalue weighted by Crippen LogP contribution is 2.21. The van der Waals surface area contributed by atoms with Crippen molar-refractivity contribution in [1.29, 1.82) is 0 Å². The van der Waals surface area contributed by atoms with Crippen molar-refractivity contribution >= 4 is 136 Å². The van der Waals surface area contributed by atoms with Crippen LogP contribution in [0, 0.1) is 55.4 Å². The van der Waals surface area contributed by atoms with Gasteiger partial charge in [0.1, 0.15) is 11.5 Å². The molecular formula is C86H118IN9O16S5. The summed E-state index contributed by atoms with van der Waals surface area (Å²) >= 11 is 2.15. The molecule has 117 heavy (non-hydrogen) atoms. The van der Waals surface area contributed by atoms with Gasteiger partial charge in [0.25, 0.3) is 20.2 Å². The minimum absolute atomic E-state index is 0.0335. The number of amides is 3. The number of halogens is 1. The number of sulfonamides is 4. The summed E-state index contributed by atoms with van der Waals surface area (Å²) in [6.45, 7) is 33.1. The van der Waals surface area contributed by atoms with Gasteiger partial charge in [-0.25, -0.2) is 43.3 Å². The van der Waals surface area contributed by atoms with Crippen LogP contribution in [0.15, 0.2) is 230 Å². The first kappa shape index (κ1) is 105. The van der Waals surface area contributed by atoms with Crippen molar-refractivity contribution in [2.24, 2.45) is 0 Å². The smallest absolute Gasteiger partial charge is 0.417 e. The molecular weight excluding hydrogens is 1700 g/mol. The maximum Gasteiger partial charge on any atom is 0.417 e. The van der Waals surface area contributed by atoms with E-state index in [0.717, 1.165) is 62.1 Å². The molecule has 9 N–H and O–H groups in total. The molecule has 0 bridgehead atoms. The first-order valence-electron chi connectivity index (χ1n) is 37.2. The third-order valence-corrected chi connectivity index (χ3v) is 20.9. The van der Waals surface area contributed by atoms with Crippen LogP contribution in [-0.4, -0.2) is 102 Å². The summed E-state index contributed by atoms with van der Waals surface area (Å²) < 4.78 is 144. The number of carbonyl (C=O) groups is 3. The van der Waals surface area contributed by atoms with Crippen molar-refractivity contribution in [2.75, 3.05) is 68.9 Å². The highest BCUT2D eigenvalue weighted by Gasteiger charge is 2.14. The number of carbonyl (C=O) groups excluding carboxylic acids is 3. The number of hydrogen-bond acceptors (Lipinski definition) is 16. The van der Waals surface area contributed by atoms with Crippen molar-refractivity contribution in [2.45, 2.75) is 149 Å². The monoisotopic (exact) mass is 1820 g/mol. The first-order chi connectivity index (χ1) is 54.9. The molecule has 0 saturated carbocycles. The number of benzene rings is 9. The number of hydrogen-bond donors (Lipinski definition) is 9. The second-order valence-corrected chi connectivity index (χ2v) is 35.3. The maximum absolute atomic E-state index is 11.7. The normalized spacial score (nSPS) is 10.6. The third kappa shape index (κ3) is 52.3. The summed E-state index contributed by atoms with van der Waals surface area (Å²) in [6, 6.07) is 65.8. The molecule has 9 rings (SSSR count). The molecule has 0 radical (unpaired) electrons. The summed E-state index contributed by atoms with van der Waals surface area (Å²) in [5, 5.41) is 8.90. The van der Waals surface area contributed by atoms with Crippen LogP contribution in [0.3, 0.4) is 0 Å². The van der Waals surface area contributed by atoms with Gasteiger partial charge in [-0.2, -0.15) is 13.1 Å². The Labute approximate surface area is 710 Å². The summed E-state index contributed by atoms with van der Waals surface area (Å²) in [5.41, 5.74) is 14.0. The van der Waals surface area contributed by atoms with Gasteiger partial charge in [-0.1, -0.05) is 170 Å². The summed E-state index contributed by atoms with van der Waals surface area (Å²) in [4.78, 5) is 35.4. The summed E-state index contributed by atoms with van der Waals surface area (Å²) in [7, 11) is -14.7. The molecule has 0 aliphatic heterocycles. The van der Waals surface area contributed by atoms with Crippen LogP contribution in [0.4, 0.5) is 55.1 Å². The number of unbranched alkanes of at least 4 members (excludes halogenated alkanes) is 1. The van der Waals surface area contributed by atoms with Gasteiger partial charge in [-0.15, -0.1) is 0 Å². The molecule has 0 aliphatic carbocycles. The van der Waals surface area contributed by atoms with E-state index in [-0.39, 0.29) is 35.3 Å². The number of anilines is 8. The third-order valence-electron chi connectivity index (χ3n) is 14.3. The quantitative estimate of drug-likeness (QED) is 0.0180. The van der Waals surface area contributed by atoms with Gasteiger partial charge in [-0.3, -0.25) is 39.0 Å². The Morgan fingerprint density at radius 3 is 1.04 bits per heavy atom. The second-order valence-electron chi connectivity index (χ2n) is 26.7. The van der Waals surface area contributed by atoms with Gasteiger partial charge in [0, 0.05) is 63.9 Å². The van der Waals surface area contributed by atoms with E-state index in [1.807, 2.05) is 228 Å². The fourth-order valence-corrected chi connectivity index (χ4v) is 14.4. The zero-order valence-electron chi connectivity index (χ0n) is 70.1. The Kier molecular flexibility index (Phi) is 49.9. The van der Waals surface area contributed by atoms with Gasteiger partial charge in [0.05, 0.1) is 30.5 Å². The molecule has 0 fully saturated rings. The van der Waals surface area contributed by atoms with Gasteiger partial charge in [0.15, 0.2) is 0 Å². The van der Waals surface area contributed by atoms with Crippen molar-refractivity contribution in [3.05, 3.63) is 275 Å². The minimum atomic E-state index is -3.45. The van der Waals surface area contributed by atoms with E-state index in [2.05, 4.69) is 73.5 Å². The van der Waals surface area contributed by atoms with Crippen molar-refractivity contribution in [1.82, 2.24) is 4.72 Å². The number of ether oxygens (including phenoxy) is 3. The zero-order valence-corrected chi connectivity index (χ0v) is 76.4. The molecule has 0 atom stereocenters. The van der Waals surface area contributed by atoms with Gasteiger partial charge >= 0.3 is 12.2 Å². The van der Waals surface area contributed by atoms with E-state index in [1.54, 1.807) is 106 Å². The van der Waals surface area contributed by atoms with Crippen LogP contribution < -0.4 is 53.8 Å². The minimum Gasteiger partial charge on any atom is -0.497 e. The molecule has 0 saturated heterocycles. The number of alkyl halides is 1. The van der Waals surface area contributed by atoms with Crippen LogP contribution in [0.1, 0.15) is 126 Å². The van der Waals surface area contributed by atoms with Crippen LogP contribution in [0.2, 0.25) is 0 Å². The van der Waals surface area contributed by atoms with Crippen LogP contribution >= 0.6 is 22.6 Å². The van der Waals surface area contributed by atoms with E-state index in [9.17, 15) is 56.5 Å². The lowest BCUT2D eigenvalue weighted by Gasteiger charge is -2.11. The van der Waals surface area contributed by atoms with E-state index in [1.165, 1.54) is 12.5 Å². The lowest BCUT2D eigenvalue weighted by molar-refractivity contribution is -0.114. The van der Waals surface area contributed by atoms with E-state index >= 15 is 0 Å². The Hall–Kier alpha value is -10.0. The van der Waals surface area contributed by atoms with E-state index in [0.29, 0.717) is 64.9 Å². The molecule has 25 nitrogen and oxygen atoms in total. The number of methoxy groups -OCH3 is 1. The standard InChI is InChI=1S/C15H15NO3.C11H17NO2S.C11H15NO2.C10H16N2O2S.2C10H15NO2S.C9H11NO2S.C9H11NO.CH3I/c1-11-4-3-5-12(10-11)16-15(17)19-14-8-6-13(18-2)7-9-14;1-3-4-9-15(13,14)12-11-7-5-10(2)6-8-11;1-8(2)14-11(13)12-10-6-4-5-9(3)7-10;1-8(2)11-15(13,14)12-10-6-4-5-9(3)7-10;1-3-8-14(12,13)11-10-6-4-9(2)5-7-10;1-3-7-14(12,13)11-10-6-4-5-9(2)8-10;1-3-13(11,12)10-9-6-4-5-8(2)7-9;1-7-3-5-9(6-4-7)10-8(2)11;1-2/h3-10H,1-2H3,(H,16,17);5-8,12H,3-4,9H2,1-2H3;4-8H,1-3H3,(H,12,13);4-8,11-12H,1-3H3;4-7,11H,3,8H2,1-2H3;4-6,8,11H,3,7H2,1-2H3;3-7,10H,1H2,2H3;3-6H,1-2H3,(H,10,11);1H3. The topological polar surface area (TPSA) is 358 Å². The highest BCUT2D eigenvalue weighted by atomic mass is 127. The predicted octanol–water partition coefficient (Wildman–Crippen LogP) is 19.9. The largest absolute Gasteiger partial charge is 0.497 e. The van der Waals surface area contributed by atoms with E-state index < -0.39 is 62.5 Å². The highest BCUT2D eigenvalue weighted by molar-refractivity contribution is 14.1. The SMILES string of the molecule is C=CS(=O)(=O)Nc1cccc(C)c1.CC(=O)Nc1ccc(C)cc1.CCCCS(=O)(=O)Nc1ccc(C)cc1.CCCS(=O)(=O)Nc1ccc(C)cc1.CCCS(=O)(=O)Nc1cccc(C)c1.CI.COc1ccc(OC(=O)Nc2cccc(C)c2)cc1.Cc1cccc(NC(=O)OC(C)C)c1.Cc1cccc(NS(=O)(=O)NC(C)C)c1. The van der Waals surface area contributed by atoms with Crippen LogP contribution in [0.5, 0.6) is 11.5 Å². The number of rotatable bonds is 26. The van der Waals surface area contributed by atoms with Gasteiger partial charge in [0.2, 0.25) is 36.0 Å². The Bertz CT molecular complexity index is 5050. The summed E-state index contributed by atoms with van der Waals surface area (Å²) in [6.07, 6.45) is 1.81. The molecule has 3 amide bonds. The average molecular weight is 1820 g/mol. The number of nitrogens with one attached hydrogen (secondary N) is 9. The molecule has 9 aromatic carbocycles. The molecule has 0 spiro atoms. The maximum atomic E-state index is 11.7. The molecule has 31 heteroatoms. The van der Waals surface area contributed by atoms with Crippen LogP contribution in [0.25, 0.3) is 0 Å². The molecule has 640 valence electrons. The molecule has 9 aromatic rings. The van der Waals surface area contributed by atoms with Crippen molar-refractivity contribution in [3.63, 3.8) is 0 Å². The Balaban J connectivity index is 0.000000669. The lowest BCUT2D eigenvalue weighted by Crippen LogP contribution is -2.35. The fraction of sp³-hybridized carbons (Fsp3) is 0.314. The summed E-state index contributed by atoms with van der Waals surface area (Å²) in [5.74, 6) is 1.67. The second kappa shape index (κ2) is 55.6. The molecule has 0 unspecified atom stereocenters. The predicted molar refractivity (Wildman–Crippen MR) is 493 cm³/mol. The Morgan fingerprint density at radius 2 is 0.709 bits per heavy atom. The van der Waals surface area contributed by atoms with E-state index in [4.69, 9.17) is 14.2 Å². The molecule has 0 aromatic heterocycles. The fourth-order valence-electron chi connectivity index (χ4n) is 9.17. The lowest BCUT2D eigenvalue weighted by atomic mass is 10.2. The van der Waals surface area contributed by atoms with Crippen LogP contribution in [-0.2, 0) is 59.8 Å². The van der Waals surface area contributed by atoms with Gasteiger partial charge in [-0.05, 0) is 256 Å². The number of aryl methyl sites for hydroxylation is 8.